The third kappa shape index (κ3) is 2.98. The van der Waals surface area contributed by atoms with Crippen LogP contribution in [0.3, 0.4) is 0 Å². The fourth-order valence-electron chi connectivity index (χ4n) is 3.96. The number of hydrogen-bond donors (Lipinski definition) is 1. The molecule has 0 amide bonds. The maximum Gasteiger partial charge on any atom is 0.194 e. The Morgan fingerprint density at radius 1 is 1.36 bits per heavy atom. The molecule has 4 rings (SSSR count). The summed E-state index contributed by atoms with van der Waals surface area (Å²) in [7, 11) is 1.72. The third-order valence-electron chi connectivity index (χ3n) is 5.22. The summed E-state index contributed by atoms with van der Waals surface area (Å²) >= 11 is 8.92. The van der Waals surface area contributed by atoms with E-state index in [0.717, 1.165) is 23.0 Å². The lowest BCUT2D eigenvalue weighted by Gasteiger charge is -2.46. The van der Waals surface area contributed by atoms with Crippen molar-refractivity contribution in [3.63, 3.8) is 0 Å². The van der Waals surface area contributed by atoms with Gasteiger partial charge in [-0.15, -0.1) is 0 Å². The van der Waals surface area contributed by atoms with Gasteiger partial charge in [0.1, 0.15) is 16.6 Å². The van der Waals surface area contributed by atoms with Crippen molar-refractivity contribution in [2.45, 2.75) is 25.2 Å². The highest BCUT2D eigenvalue weighted by molar-refractivity contribution is 9.10. The van der Waals surface area contributed by atoms with Gasteiger partial charge in [0.2, 0.25) is 0 Å². The topological polar surface area (TPSA) is 74.9 Å². The van der Waals surface area contributed by atoms with Crippen LogP contribution in [0.5, 0.6) is 0 Å². The molecule has 0 saturated heterocycles. The second-order valence-corrected chi connectivity index (χ2v) is 8.29. The normalized spacial score (nSPS) is 23.9. The van der Waals surface area contributed by atoms with Gasteiger partial charge in [-0.05, 0) is 76.8 Å². The zero-order valence-electron chi connectivity index (χ0n) is 15.5. The number of halogens is 1. The van der Waals surface area contributed by atoms with Crippen LogP contribution in [0.15, 0.2) is 52.1 Å². The average molecular weight is 459 g/mol. The van der Waals surface area contributed by atoms with Crippen molar-refractivity contribution in [2.75, 3.05) is 7.05 Å². The van der Waals surface area contributed by atoms with E-state index in [1.54, 1.807) is 29.9 Å². The number of carbonyl (C=O) groups excluding carboxylic acids is 1. The molecule has 144 valence electrons. The predicted octanol–water partition coefficient (Wildman–Crippen LogP) is 2.97. The van der Waals surface area contributed by atoms with Crippen molar-refractivity contribution in [3.8, 4) is 0 Å². The maximum atomic E-state index is 13.9. The largest absolute Gasteiger partial charge is 0.364 e. The van der Waals surface area contributed by atoms with E-state index in [1.807, 2.05) is 18.2 Å². The lowest BCUT2D eigenvalue weighted by atomic mass is 9.56. The molecule has 2 aromatic heterocycles. The number of carbonyl (C=O) groups is 1. The van der Waals surface area contributed by atoms with E-state index in [1.165, 1.54) is 11.3 Å². The summed E-state index contributed by atoms with van der Waals surface area (Å²) in [6.07, 6.45) is 10.00. The highest BCUT2D eigenvalue weighted by Crippen LogP contribution is 2.50. The number of fused-ring (bicyclic) bond motifs is 1. The fourth-order valence-corrected chi connectivity index (χ4v) is 4.63. The van der Waals surface area contributed by atoms with E-state index in [0.29, 0.717) is 22.4 Å². The highest BCUT2D eigenvalue weighted by Gasteiger charge is 2.51. The number of nitrogens with one attached hydrogen (secondary N) is 1. The van der Waals surface area contributed by atoms with Crippen LogP contribution in [0, 0.1) is 5.92 Å². The van der Waals surface area contributed by atoms with E-state index in [-0.39, 0.29) is 5.78 Å². The number of allylic oxidation sites excluding steroid dienone is 4. The van der Waals surface area contributed by atoms with Crippen molar-refractivity contribution in [2.24, 2.45) is 11.0 Å². The van der Waals surface area contributed by atoms with Crippen LogP contribution in [0.4, 0.5) is 0 Å². The van der Waals surface area contributed by atoms with Gasteiger partial charge in [-0.1, -0.05) is 13.0 Å². The van der Waals surface area contributed by atoms with Gasteiger partial charge in [-0.2, -0.15) is 10.2 Å². The minimum Gasteiger partial charge on any atom is -0.364 e. The first-order valence-electron chi connectivity index (χ1n) is 8.93. The summed E-state index contributed by atoms with van der Waals surface area (Å²) < 4.78 is 2.46. The van der Waals surface area contributed by atoms with E-state index < -0.39 is 5.41 Å². The van der Waals surface area contributed by atoms with Gasteiger partial charge in [0.05, 0.1) is 5.41 Å². The number of thiocarbonyl (C=S) groups is 1. The Hall–Kier alpha value is -2.39. The van der Waals surface area contributed by atoms with Crippen molar-refractivity contribution < 1.29 is 4.79 Å². The van der Waals surface area contributed by atoms with Gasteiger partial charge in [-0.3, -0.25) is 4.79 Å². The number of rotatable bonds is 3. The molecule has 1 N–H and O–H groups in total. The molecule has 2 aromatic rings. The van der Waals surface area contributed by atoms with Crippen LogP contribution >= 0.6 is 28.1 Å². The van der Waals surface area contributed by atoms with Crippen LogP contribution in [-0.4, -0.2) is 43.8 Å². The van der Waals surface area contributed by atoms with Gasteiger partial charge in [0, 0.05) is 13.3 Å². The monoisotopic (exact) mass is 458 g/mol. The molecular formula is C19H19BrN6OS. The van der Waals surface area contributed by atoms with Crippen molar-refractivity contribution in [3.05, 3.63) is 52.6 Å². The molecule has 0 unspecified atom stereocenters. The first kappa shape index (κ1) is 18.9. The van der Waals surface area contributed by atoms with Crippen LogP contribution in [-0.2, 0) is 10.2 Å². The summed E-state index contributed by atoms with van der Waals surface area (Å²) in [5.74, 6) is 0.453. The summed E-state index contributed by atoms with van der Waals surface area (Å²) in [5, 5.41) is 13.3. The Kier molecular flexibility index (Phi) is 4.88. The molecule has 0 bridgehead atoms. The smallest absolute Gasteiger partial charge is 0.194 e. The molecule has 28 heavy (non-hydrogen) atoms. The first-order chi connectivity index (χ1) is 13.5. The van der Waals surface area contributed by atoms with Crippen LogP contribution in [0.2, 0.25) is 0 Å². The molecule has 1 aliphatic heterocycles. The Balaban J connectivity index is 1.81. The second-order valence-electron chi connectivity index (χ2n) is 7.09. The van der Waals surface area contributed by atoms with E-state index in [4.69, 9.17) is 12.2 Å². The molecular weight excluding hydrogens is 440 g/mol. The summed E-state index contributed by atoms with van der Waals surface area (Å²) in [6.45, 7) is 2.16. The zero-order valence-corrected chi connectivity index (χ0v) is 17.9. The number of hydrazone groups is 1. The number of Topliss-reactive ketones (excluding diaryl/α,β-unsaturated/α-hetero) is 1. The second kappa shape index (κ2) is 7.21. The molecule has 0 radical (unpaired) electrons. The van der Waals surface area contributed by atoms with Crippen molar-refractivity contribution >= 4 is 50.9 Å². The van der Waals surface area contributed by atoms with Crippen molar-refractivity contribution in [1.29, 1.82) is 0 Å². The summed E-state index contributed by atoms with van der Waals surface area (Å²) in [6, 6.07) is 3.90. The summed E-state index contributed by atoms with van der Waals surface area (Å²) in [5.41, 5.74) is 1.44. The first-order valence-corrected chi connectivity index (χ1v) is 10.1. The molecule has 0 aromatic carbocycles. The number of ketones is 1. The standard InChI is InChI=1S/C19H19BrN6OS/c1-12-9-19(10-12,13-7-15(20)26-16(8-13)22-11-24-26)17(27)14-5-3-4-6-23-25(14)18(28)21-2/h3-8,11-12H,9-10H2,1-2H3,(H,21,28). The summed E-state index contributed by atoms with van der Waals surface area (Å²) in [4.78, 5) is 18.1. The molecule has 0 spiro atoms. The van der Waals surface area contributed by atoms with Crippen LogP contribution in [0.1, 0.15) is 25.3 Å². The Bertz CT molecular complexity index is 1050. The molecule has 0 atom stereocenters. The Morgan fingerprint density at radius 2 is 2.14 bits per heavy atom. The molecule has 1 aliphatic carbocycles. The number of hydrogen-bond acceptors (Lipinski definition) is 5. The zero-order chi connectivity index (χ0) is 19.9. The number of pyridine rings is 1. The average Bonchev–Trinajstić information content (AvgIpc) is 3.01. The van der Waals surface area contributed by atoms with Gasteiger partial charge >= 0.3 is 0 Å². The highest BCUT2D eigenvalue weighted by atomic mass is 79.9. The SMILES string of the molecule is CNC(=S)N1N=CC=CC=C1C(=O)C1(c2cc(Br)n3ncnc3c2)CC(C)C1. The maximum absolute atomic E-state index is 13.9. The molecule has 2 aliphatic rings. The molecule has 9 heteroatoms. The van der Waals surface area contributed by atoms with Gasteiger partial charge < -0.3 is 5.32 Å². The van der Waals surface area contributed by atoms with Gasteiger partial charge in [0.25, 0.3) is 0 Å². The molecule has 7 nitrogen and oxygen atoms in total. The minimum absolute atomic E-state index is 0.00247. The number of aromatic nitrogens is 3. The Labute approximate surface area is 176 Å². The van der Waals surface area contributed by atoms with Gasteiger partial charge in [-0.25, -0.2) is 14.5 Å². The Morgan fingerprint density at radius 3 is 2.86 bits per heavy atom. The predicted molar refractivity (Wildman–Crippen MR) is 115 cm³/mol. The van der Waals surface area contributed by atoms with Gasteiger partial charge in [0.15, 0.2) is 16.5 Å². The van der Waals surface area contributed by atoms with Crippen LogP contribution < -0.4 is 5.32 Å². The van der Waals surface area contributed by atoms with E-state index >= 15 is 0 Å². The number of nitrogens with zero attached hydrogens (tertiary/aromatic N) is 5. The van der Waals surface area contributed by atoms with Crippen LogP contribution in [0.25, 0.3) is 5.65 Å². The molecule has 1 fully saturated rings. The van der Waals surface area contributed by atoms with E-state index in [2.05, 4.69) is 43.4 Å². The third-order valence-corrected chi connectivity index (χ3v) is 6.16. The fraction of sp³-hybridized carbons (Fsp3) is 0.316. The molecule has 3 heterocycles. The lowest BCUT2D eigenvalue weighted by Crippen LogP contribution is -2.50. The van der Waals surface area contributed by atoms with Crippen molar-refractivity contribution in [1.82, 2.24) is 24.9 Å². The van der Waals surface area contributed by atoms with E-state index in [9.17, 15) is 4.79 Å². The lowest BCUT2D eigenvalue weighted by molar-refractivity contribution is -0.126. The molecule has 1 saturated carbocycles. The minimum atomic E-state index is -0.642. The quantitative estimate of drug-likeness (QED) is 0.562.